The summed E-state index contributed by atoms with van der Waals surface area (Å²) in [5.74, 6) is 3.15. The van der Waals surface area contributed by atoms with E-state index in [1.54, 1.807) is 7.11 Å². The molecule has 0 aromatic heterocycles. The highest BCUT2D eigenvalue weighted by atomic mass is 16.5. The number of amides is 1. The third kappa shape index (κ3) is 4.48. The molecule has 0 saturated carbocycles. The van der Waals surface area contributed by atoms with E-state index in [-0.39, 0.29) is 17.9 Å². The molecular weight excluding hydrogens is 438 g/mol. The molecule has 180 valence electrons. The molecule has 1 fully saturated rings. The van der Waals surface area contributed by atoms with Crippen molar-refractivity contribution >= 4 is 17.4 Å². The van der Waals surface area contributed by atoms with E-state index in [1.807, 2.05) is 65.6 Å². The number of aliphatic imine (C=N–C) groups is 1. The first kappa shape index (κ1) is 23.0. The van der Waals surface area contributed by atoms with Crippen LogP contribution in [0.4, 0.5) is 5.69 Å². The fourth-order valence-electron chi connectivity index (χ4n) is 4.99. The van der Waals surface area contributed by atoms with E-state index < -0.39 is 0 Å². The molecule has 0 N–H and O–H groups in total. The number of amidine groups is 1. The molecule has 1 amide bonds. The van der Waals surface area contributed by atoms with Crippen LogP contribution in [0.5, 0.6) is 17.2 Å². The van der Waals surface area contributed by atoms with Gasteiger partial charge in [-0.25, -0.2) is 4.99 Å². The van der Waals surface area contributed by atoms with E-state index in [2.05, 4.69) is 30.9 Å². The zero-order valence-corrected chi connectivity index (χ0v) is 20.5. The average Bonchev–Trinajstić information content (AvgIpc) is 3.06. The normalized spacial score (nSPS) is 17.9. The smallest absolute Gasteiger partial charge is 0.230 e. The van der Waals surface area contributed by atoms with Crippen LogP contribution >= 0.6 is 0 Å². The van der Waals surface area contributed by atoms with Gasteiger partial charge in [0.05, 0.1) is 18.6 Å². The molecule has 2 aliphatic heterocycles. The first-order chi connectivity index (χ1) is 17.1. The maximum atomic E-state index is 13.6. The summed E-state index contributed by atoms with van der Waals surface area (Å²) in [6.07, 6.45) is 0.782. The van der Waals surface area contributed by atoms with Crippen LogP contribution in [0.15, 0.2) is 77.8 Å². The highest BCUT2D eigenvalue weighted by molar-refractivity contribution is 6.04. The molecular formula is C29H31N3O3. The molecule has 5 rings (SSSR count). The van der Waals surface area contributed by atoms with Crippen molar-refractivity contribution in [2.24, 2.45) is 4.99 Å². The number of carbonyl (C=O) groups excluding carboxylic acids is 1. The van der Waals surface area contributed by atoms with Gasteiger partial charge in [-0.15, -0.1) is 0 Å². The maximum absolute atomic E-state index is 13.6. The molecule has 3 aromatic rings. The van der Waals surface area contributed by atoms with Gasteiger partial charge in [0.2, 0.25) is 5.91 Å². The van der Waals surface area contributed by atoms with Crippen molar-refractivity contribution in [1.29, 1.82) is 0 Å². The molecule has 0 spiro atoms. The van der Waals surface area contributed by atoms with Gasteiger partial charge in [-0.1, -0.05) is 49.4 Å². The number of fused-ring (bicyclic) bond motifs is 2. The molecule has 6 heteroatoms. The van der Waals surface area contributed by atoms with Crippen molar-refractivity contribution in [3.63, 3.8) is 0 Å². The van der Waals surface area contributed by atoms with Crippen LogP contribution in [-0.2, 0) is 4.79 Å². The van der Waals surface area contributed by atoms with E-state index >= 15 is 0 Å². The van der Waals surface area contributed by atoms with Gasteiger partial charge < -0.3 is 19.3 Å². The first-order valence-corrected chi connectivity index (χ1v) is 12.2. The molecule has 2 heterocycles. The third-order valence-corrected chi connectivity index (χ3v) is 6.86. The number of benzene rings is 3. The number of methoxy groups -OCH3 is 1. The van der Waals surface area contributed by atoms with E-state index in [0.29, 0.717) is 19.6 Å². The van der Waals surface area contributed by atoms with Crippen LogP contribution in [0.1, 0.15) is 37.3 Å². The highest BCUT2D eigenvalue weighted by Crippen LogP contribution is 2.39. The minimum atomic E-state index is -0.120. The minimum Gasteiger partial charge on any atom is -0.497 e. The van der Waals surface area contributed by atoms with E-state index in [4.69, 9.17) is 14.5 Å². The van der Waals surface area contributed by atoms with E-state index in [0.717, 1.165) is 46.3 Å². The number of nitrogens with zero attached hydrogens (tertiary/aromatic N) is 3. The van der Waals surface area contributed by atoms with Crippen LogP contribution in [0.2, 0.25) is 0 Å². The van der Waals surface area contributed by atoms with Crippen LogP contribution in [0.25, 0.3) is 0 Å². The van der Waals surface area contributed by atoms with Crippen LogP contribution < -0.4 is 9.47 Å². The SMILES string of the molecule is CC[C@H](C(=O)N1CCN(C2=Nc3ccccc3Oc3ccc(OC)cc32)C[C@@H]1C)c1ccccc1. The van der Waals surface area contributed by atoms with Gasteiger partial charge >= 0.3 is 0 Å². The Hall–Kier alpha value is -3.80. The topological polar surface area (TPSA) is 54.4 Å². The van der Waals surface area contributed by atoms with Crippen molar-refractivity contribution in [3.8, 4) is 17.2 Å². The summed E-state index contributed by atoms with van der Waals surface area (Å²) in [7, 11) is 1.66. The lowest BCUT2D eigenvalue weighted by Gasteiger charge is -2.42. The number of hydrogen-bond donors (Lipinski definition) is 0. The minimum absolute atomic E-state index is 0.0465. The fourth-order valence-corrected chi connectivity index (χ4v) is 4.99. The Labute approximate surface area is 206 Å². The number of piperazine rings is 1. The van der Waals surface area contributed by atoms with Crippen molar-refractivity contribution in [1.82, 2.24) is 9.80 Å². The van der Waals surface area contributed by atoms with Crippen LogP contribution in [0.3, 0.4) is 0 Å². The van der Waals surface area contributed by atoms with Gasteiger partial charge in [0, 0.05) is 25.7 Å². The molecule has 0 bridgehead atoms. The Morgan fingerprint density at radius 2 is 1.83 bits per heavy atom. The van der Waals surface area contributed by atoms with Gasteiger partial charge in [0.15, 0.2) is 5.75 Å². The second-order valence-electron chi connectivity index (χ2n) is 9.07. The molecule has 0 aliphatic carbocycles. The van der Waals surface area contributed by atoms with Gasteiger partial charge in [0.1, 0.15) is 23.0 Å². The molecule has 0 unspecified atom stereocenters. The lowest BCUT2D eigenvalue weighted by atomic mass is 9.94. The van der Waals surface area contributed by atoms with Crippen molar-refractivity contribution in [2.75, 3.05) is 26.7 Å². The highest BCUT2D eigenvalue weighted by Gasteiger charge is 2.34. The van der Waals surface area contributed by atoms with Crippen molar-refractivity contribution in [2.45, 2.75) is 32.2 Å². The molecule has 2 atom stereocenters. The molecule has 2 aliphatic rings. The monoisotopic (exact) mass is 469 g/mol. The number of carbonyl (C=O) groups is 1. The fraction of sp³-hybridized carbons (Fsp3) is 0.310. The molecule has 1 saturated heterocycles. The Morgan fingerprint density at radius 3 is 2.57 bits per heavy atom. The molecule has 6 nitrogen and oxygen atoms in total. The van der Waals surface area contributed by atoms with E-state index in [1.165, 1.54) is 0 Å². The quantitative estimate of drug-likeness (QED) is 0.499. The van der Waals surface area contributed by atoms with Crippen LogP contribution in [0, 0.1) is 0 Å². The summed E-state index contributed by atoms with van der Waals surface area (Å²) in [6.45, 7) is 6.23. The number of rotatable bonds is 4. The second-order valence-corrected chi connectivity index (χ2v) is 9.07. The van der Waals surface area contributed by atoms with Gasteiger partial charge in [-0.2, -0.15) is 0 Å². The zero-order valence-electron chi connectivity index (χ0n) is 20.5. The Morgan fingerprint density at radius 1 is 1.06 bits per heavy atom. The summed E-state index contributed by atoms with van der Waals surface area (Å²) in [4.78, 5) is 22.9. The summed E-state index contributed by atoms with van der Waals surface area (Å²) < 4.78 is 11.7. The molecule has 0 radical (unpaired) electrons. The summed E-state index contributed by atoms with van der Waals surface area (Å²) in [5.41, 5.74) is 2.76. The van der Waals surface area contributed by atoms with Gasteiger partial charge in [-0.3, -0.25) is 4.79 Å². The molecule has 35 heavy (non-hydrogen) atoms. The van der Waals surface area contributed by atoms with Gasteiger partial charge in [0.25, 0.3) is 0 Å². The summed E-state index contributed by atoms with van der Waals surface area (Å²) in [6, 6.07) is 23.8. The Kier molecular flexibility index (Phi) is 6.45. The zero-order chi connectivity index (χ0) is 24.4. The van der Waals surface area contributed by atoms with E-state index in [9.17, 15) is 4.79 Å². The van der Waals surface area contributed by atoms with Crippen molar-refractivity contribution < 1.29 is 14.3 Å². The summed E-state index contributed by atoms with van der Waals surface area (Å²) in [5, 5.41) is 0. The Bertz CT molecular complexity index is 1240. The lowest BCUT2D eigenvalue weighted by molar-refractivity contribution is -0.136. The lowest BCUT2D eigenvalue weighted by Crippen LogP contribution is -2.56. The van der Waals surface area contributed by atoms with Crippen molar-refractivity contribution in [3.05, 3.63) is 83.9 Å². The summed E-state index contributed by atoms with van der Waals surface area (Å²) >= 11 is 0. The average molecular weight is 470 g/mol. The first-order valence-electron chi connectivity index (χ1n) is 12.2. The number of ether oxygens (including phenoxy) is 2. The predicted octanol–water partition coefficient (Wildman–Crippen LogP) is 5.61. The standard InChI is InChI=1S/C29H31N3O3/c1-4-23(21-10-6-5-7-11-21)29(33)32-17-16-31(19-20(32)2)28-24-18-22(34-3)14-15-26(24)35-27-13-9-8-12-25(27)30-28/h5-15,18,20,23H,4,16-17,19H2,1-3H3/t20-,23-/m0/s1. The maximum Gasteiger partial charge on any atom is 0.230 e. The number of para-hydroxylation sites is 2. The number of hydrogen-bond acceptors (Lipinski definition) is 5. The van der Waals surface area contributed by atoms with Crippen LogP contribution in [-0.4, -0.2) is 54.3 Å². The van der Waals surface area contributed by atoms with Gasteiger partial charge in [-0.05, 0) is 49.2 Å². The second kappa shape index (κ2) is 9.82. The third-order valence-electron chi connectivity index (χ3n) is 6.86. The Balaban J connectivity index is 1.43. The predicted molar refractivity (Wildman–Crippen MR) is 138 cm³/mol. The molecule has 3 aromatic carbocycles. The largest absolute Gasteiger partial charge is 0.497 e.